The molecular formula is C14H15FN2. The molecule has 1 N–H and O–H groups in total. The molecule has 2 nitrogen and oxygen atoms in total. The van der Waals surface area contributed by atoms with E-state index in [0.29, 0.717) is 6.54 Å². The second-order valence-corrected chi connectivity index (χ2v) is 4.10. The number of benzene rings is 1. The minimum atomic E-state index is -0.193. The van der Waals surface area contributed by atoms with Gasteiger partial charge in [0.2, 0.25) is 0 Å². The van der Waals surface area contributed by atoms with Crippen molar-refractivity contribution < 1.29 is 4.39 Å². The van der Waals surface area contributed by atoms with Gasteiger partial charge in [0.1, 0.15) is 5.82 Å². The van der Waals surface area contributed by atoms with Crippen LogP contribution < -0.4 is 5.32 Å². The highest BCUT2D eigenvalue weighted by Crippen LogP contribution is 2.04. The average Bonchev–Trinajstić information content (AvgIpc) is 2.29. The van der Waals surface area contributed by atoms with Gasteiger partial charge < -0.3 is 5.32 Å². The van der Waals surface area contributed by atoms with E-state index in [-0.39, 0.29) is 5.82 Å². The molecule has 1 heterocycles. The lowest BCUT2D eigenvalue weighted by Crippen LogP contribution is -2.13. The lowest BCUT2D eigenvalue weighted by atomic mass is 10.2. The van der Waals surface area contributed by atoms with Gasteiger partial charge in [-0.25, -0.2) is 4.39 Å². The molecule has 0 aliphatic heterocycles. The third-order valence-electron chi connectivity index (χ3n) is 2.48. The number of rotatable bonds is 4. The fourth-order valence-electron chi connectivity index (χ4n) is 1.71. The number of nitrogens with one attached hydrogen (secondary N) is 1. The molecule has 0 spiro atoms. The maximum atomic E-state index is 12.9. The third kappa shape index (κ3) is 3.64. The average molecular weight is 230 g/mol. The van der Waals surface area contributed by atoms with Gasteiger partial charge in [0.25, 0.3) is 0 Å². The number of halogens is 1. The van der Waals surface area contributed by atoms with E-state index in [0.717, 1.165) is 23.2 Å². The molecule has 0 fully saturated rings. The largest absolute Gasteiger partial charge is 0.309 e. The maximum absolute atomic E-state index is 12.9. The summed E-state index contributed by atoms with van der Waals surface area (Å²) in [5, 5.41) is 3.27. The van der Waals surface area contributed by atoms with Crippen LogP contribution in [0.5, 0.6) is 0 Å². The van der Waals surface area contributed by atoms with Crippen LogP contribution in [0.15, 0.2) is 42.7 Å². The number of hydrogen-bond acceptors (Lipinski definition) is 2. The van der Waals surface area contributed by atoms with Crippen molar-refractivity contribution in [1.82, 2.24) is 10.3 Å². The molecule has 0 bridgehead atoms. The highest BCUT2D eigenvalue weighted by molar-refractivity contribution is 5.18. The van der Waals surface area contributed by atoms with Crippen molar-refractivity contribution in [3.05, 3.63) is 65.2 Å². The van der Waals surface area contributed by atoms with Crippen LogP contribution in [0.4, 0.5) is 4.39 Å². The van der Waals surface area contributed by atoms with Crippen molar-refractivity contribution in [2.45, 2.75) is 20.0 Å². The van der Waals surface area contributed by atoms with Gasteiger partial charge >= 0.3 is 0 Å². The van der Waals surface area contributed by atoms with Crippen LogP contribution in [-0.4, -0.2) is 4.98 Å². The van der Waals surface area contributed by atoms with Crippen LogP contribution in [-0.2, 0) is 13.1 Å². The molecule has 17 heavy (non-hydrogen) atoms. The Bertz CT molecular complexity index is 452. The first kappa shape index (κ1) is 11.7. The Labute approximate surface area is 101 Å². The van der Waals surface area contributed by atoms with Gasteiger partial charge in [-0.1, -0.05) is 18.2 Å². The molecular weight excluding hydrogens is 215 g/mol. The van der Waals surface area contributed by atoms with Crippen molar-refractivity contribution in [3.63, 3.8) is 0 Å². The van der Waals surface area contributed by atoms with E-state index < -0.39 is 0 Å². The molecule has 0 atom stereocenters. The molecule has 2 rings (SSSR count). The van der Waals surface area contributed by atoms with E-state index in [1.54, 1.807) is 12.1 Å². The van der Waals surface area contributed by atoms with Crippen LogP contribution >= 0.6 is 0 Å². The molecule has 0 saturated carbocycles. The maximum Gasteiger partial charge on any atom is 0.123 e. The summed E-state index contributed by atoms with van der Waals surface area (Å²) in [6, 6.07) is 8.71. The van der Waals surface area contributed by atoms with Crippen molar-refractivity contribution in [3.8, 4) is 0 Å². The van der Waals surface area contributed by atoms with Gasteiger partial charge in [-0.2, -0.15) is 0 Å². The highest BCUT2D eigenvalue weighted by Gasteiger charge is 1.96. The van der Waals surface area contributed by atoms with Crippen molar-refractivity contribution in [1.29, 1.82) is 0 Å². The van der Waals surface area contributed by atoms with E-state index in [1.807, 2.05) is 25.4 Å². The van der Waals surface area contributed by atoms with E-state index in [2.05, 4.69) is 16.4 Å². The Morgan fingerprint density at radius 3 is 2.71 bits per heavy atom. The number of pyridine rings is 1. The molecule has 0 aliphatic rings. The number of nitrogens with zero attached hydrogens (tertiary/aromatic N) is 1. The van der Waals surface area contributed by atoms with Crippen molar-refractivity contribution in [2.75, 3.05) is 0 Å². The Balaban J connectivity index is 1.87. The first-order valence-corrected chi connectivity index (χ1v) is 5.60. The Kier molecular flexibility index (Phi) is 3.83. The Hall–Kier alpha value is -1.74. The first-order valence-electron chi connectivity index (χ1n) is 5.60. The smallest absolute Gasteiger partial charge is 0.123 e. The summed E-state index contributed by atoms with van der Waals surface area (Å²) in [6.45, 7) is 3.42. The monoisotopic (exact) mass is 230 g/mol. The number of hydrogen-bond donors (Lipinski definition) is 1. The lowest BCUT2D eigenvalue weighted by molar-refractivity contribution is 0.620. The van der Waals surface area contributed by atoms with Crippen LogP contribution in [0.1, 0.15) is 16.7 Å². The second-order valence-electron chi connectivity index (χ2n) is 4.10. The van der Waals surface area contributed by atoms with Gasteiger partial charge in [0.05, 0.1) is 0 Å². The summed E-state index contributed by atoms with van der Waals surface area (Å²) < 4.78 is 12.9. The zero-order valence-electron chi connectivity index (χ0n) is 9.78. The van der Waals surface area contributed by atoms with Gasteiger partial charge in [-0.15, -0.1) is 0 Å². The van der Waals surface area contributed by atoms with E-state index in [9.17, 15) is 4.39 Å². The van der Waals surface area contributed by atoms with Crippen LogP contribution in [0.25, 0.3) is 0 Å². The third-order valence-corrected chi connectivity index (χ3v) is 2.48. The first-order chi connectivity index (χ1) is 8.24. The topological polar surface area (TPSA) is 24.9 Å². The summed E-state index contributed by atoms with van der Waals surface area (Å²) in [5.74, 6) is -0.193. The molecule has 1 aromatic carbocycles. The fraction of sp³-hybridized carbons (Fsp3) is 0.214. The minimum Gasteiger partial charge on any atom is -0.309 e. The van der Waals surface area contributed by atoms with Crippen LogP contribution in [0.3, 0.4) is 0 Å². The lowest BCUT2D eigenvalue weighted by Gasteiger charge is -2.05. The van der Waals surface area contributed by atoms with Gasteiger partial charge in [0, 0.05) is 25.5 Å². The minimum absolute atomic E-state index is 0.193. The van der Waals surface area contributed by atoms with E-state index >= 15 is 0 Å². The number of aryl methyl sites for hydroxylation is 1. The predicted octanol–water partition coefficient (Wildman–Crippen LogP) is 2.82. The molecule has 0 saturated heterocycles. The van der Waals surface area contributed by atoms with Crippen LogP contribution in [0, 0.1) is 12.7 Å². The quantitative estimate of drug-likeness (QED) is 0.873. The predicted molar refractivity (Wildman–Crippen MR) is 65.9 cm³/mol. The zero-order chi connectivity index (χ0) is 12.1. The number of aromatic nitrogens is 1. The summed E-state index contributed by atoms with van der Waals surface area (Å²) in [5.41, 5.74) is 3.24. The summed E-state index contributed by atoms with van der Waals surface area (Å²) in [6.07, 6.45) is 3.67. The summed E-state index contributed by atoms with van der Waals surface area (Å²) in [7, 11) is 0. The van der Waals surface area contributed by atoms with Gasteiger partial charge in [0.15, 0.2) is 0 Å². The summed E-state index contributed by atoms with van der Waals surface area (Å²) >= 11 is 0. The summed E-state index contributed by atoms with van der Waals surface area (Å²) in [4.78, 5) is 4.12. The second kappa shape index (κ2) is 5.55. The normalized spacial score (nSPS) is 10.5. The van der Waals surface area contributed by atoms with E-state index in [4.69, 9.17) is 0 Å². The van der Waals surface area contributed by atoms with Crippen molar-refractivity contribution >= 4 is 0 Å². The van der Waals surface area contributed by atoms with Crippen molar-refractivity contribution in [2.24, 2.45) is 0 Å². The van der Waals surface area contributed by atoms with Gasteiger partial charge in [-0.05, 0) is 35.7 Å². The highest BCUT2D eigenvalue weighted by atomic mass is 19.1. The molecule has 1 aromatic heterocycles. The molecule has 2 aromatic rings. The fourth-order valence-corrected chi connectivity index (χ4v) is 1.71. The van der Waals surface area contributed by atoms with Gasteiger partial charge in [-0.3, -0.25) is 4.98 Å². The zero-order valence-corrected chi connectivity index (χ0v) is 9.78. The Morgan fingerprint density at radius 1 is 1.12 bits per heavy atom. The molecule has 0 amide bonds. The SMILES string of the molecule is Cc1cncc(CNCc2cccc(F)c2)c1. The standard InChI is InChI=1S/C14H15FN2/c1-11-5-13(9-16-7-11)10-17-8-12-3-2-4-14(15)6-12/h2-7,9,17H,8,10H2,1H3. The Morgan fingerprint density at radius 2 is 1.94 bits per heavy atom. The molecule has 3 heteroatoms. The van der Waals surface area contributed by atoms with E-state index in [1.165, 1.54) is 6.07 Å². The molecule has 0 aliphatic carbocycles. The molecule has 0 unspecified atom stereocenters. The van der Waals surface area contributed by atoms with Crippen LogP contribution in [0.2, 0.25) is 0 Å². The molecule has 88 valence electrons. The molecule has 0 radical (unpaired) electrons.